The fourth-order valence-electron chi connectivity index (χ4n) is 7.74. The van der Waals surface area contributed by atoms with Crippen molar-refractivity contribution in [2.45, 2.75) is 283 Å². The highest BCUT2D eigenvalue weighted by molar-refractivity contribution is 5.76. The molecule has 2 atom stereocenters. The number of unbranched alkanes of at least 4 members (excludes halogenated alkanes) is 32. The summed E-state index contributed by atoms with van der Waals surface area (Å²) >= 11 is 0. The number of carbonyl (C=O) groups excluding carboxylic acids is 2. The Hall–Kier alpha value is -1.66. The van der Waals surface area contributed by atoms with Gasteiger partial charge in [-0.25, -0.2) is 0 Å². The van der Waals surface area contributed by atoms with Crippen LogP contribution >= 0.6 is 0 Å². The molecule has 6 nitrogen and oxygen atoms in total. The van der Waals surface area contributed by atoms with Gasteiger partial charge in [-0.3, -0.25) is 9.59 Å². The van der Waals surface area contributed by atoms with Gasteiger partial charge in [-0.05, 0) is 77.0 Å². The number of carbonyl (C=O) groups is 2. The number of nitrogens with one attached hydrogen (secondary N) is 1. The van der Waals surface area contributed by atoms with E-state index in [2.05, 4.69) is 43.5 Å². The van der Waals surface area contributed by atoms with E-state index in [-0.39, 0.29) is 18.5 Å². The molecule has 0 aromatic rings. The molecule has 342 valence electrons. The Bertz CT molecular complexity index is 904. The molecule has 2 unspecified atom stereocenters. The second-order valence-electron chi connectivity index (χ2n) is 17.5. The van der Waals surface area contributed by atoms with Gasteiger partial charge >= 0.3 is 5.97 Å². The van der Waals surface area contributed by atoms with E-state index in [0.717, 1.165) is 64.2 Å². The highest BCUT2D eigenvalue weighted by Crippen LogP contribution is 2.16. The molecule has 3 N–H and O–H groups in total. The zero-order valence-corrected chi connectivity index (χ0v) is 38.8. The third-order valence-electron chi connectivity index (χ3n) is 11.7. The number of ether oxygens (including phenoxy) is 1. The number of amides is 1. The van der Waals surface area contributed by atoms with Crippen molar-refractivity contribution in [2.75, 3.05) is 13.2 Å². The van der Waals surface area contributed by atoms with Crippen LogP contribution in [-0.2, 0) is 14.3 Å². The molecular weight excluding hydrogens is 719 g/mol. The smallest absolute Gasteiger partial charge is 0.305 e. The monoisotopic (exact) mass is 818 g/mol. The molecule has 6 heteroatoms. The molecule has 1 amide bonds. The van der Waals surface area contributed by atoms with Crippen molar-refractivity contribution >= 4 is 11.9 Å². The summed E-state index contributed by atoms with van der Waals surface area (Å²) in [6, 6.07) is -0.552. The van der Waals surface area contributed by atoms with Crippen LogP contribution in [0, 0.1) is 0 Å². The number of aliphatic hydroxyl groups excluding tert-OH is 2. The zero-order chi connectivity index (χ0) is 42.3. The van der Waals surface area contributed by atoms with Crippen molar-refractivity contribution in [3.63, 3.8) is 0 Å². The molecule has 0 aliphatic carbocycles. The first-order valence-electron chi connectivity index (χ1n) is 25.6. The Kier molecular flexibility index (Phi) is 46.6. The highest BCUT2D eigenvalue weighted by Gasteiger charge is 2.20. The Morgan fingerprint density at radius 1 is 0.466 bits per heavy atom. The predicted molar refractivity (Wildman–Crippen MR) is 250 cm³/mol. The first-order chi connectivity index (χ1) is 28.5. The Morgan fingerprint density at radius 3 is 1.26 bits per heavy atom. The molecular formula is C52H99NO5. The second-order valence-corrected chi connectivity index (χ2v) is 17.5. The third-order valence-corrected chi connectivity index (χ3v) is 11.7. The Balaban J connectivity index is 3.48. The summed E-state index contributed by atoms with van der Waals surface area (Å²) in [7, 11) is 0. The summed E-state index contributed by atoms with van der Waals surface area (Å²) < 4.78 is 5.44. The lowest BCUT2D eigenvalue weighted by molar-refractivity contribution is -0.143. The molecule has 0 aromatic heterocycles. The maximum Gasteiger partial charge on any atom is 0.305 e. The lowest BCUT2D eigenvalue weighted by atomic mass is 10.0. The van der Waals surface area contributed by atoms with Crippen molar-refractivity contribution in [2.24, 2.45) is 0 Å². The fraction of sp³-hybridized carbons (Fsp3) is 0.885. The molecule has 0 bridgehead atoms. The number of hydrogen-bond donors (Lipinski definition) is 3. The molecule has 0 aromatic carbocycles. The first kappa shape index (κ1) is 56.3. The molecule has 58 heavy (non-hydrogen) atoms. The van der Waals surface area contributed by atoms with Crippen LogP contribution in [0.5, 0.6) is 0 Å². The minimum Gasteiger partial charge on any atom is -0.466 e. The molecule has 0 aliphatic heterocycles. The lowest BCUT2D eigenvalue weighted by Crippen LogP contribution is -2.45. The quantitative estimate of drug-likeness (QED) is 0.0323. The van der Waals surface area contributed by atoms with Gasteiger partial charge in [0.1, 0.15) is 0 Å². The number of rotatable bonds is 47. The lowest BCUT2D eigenvalue weighted by Gasteiger charge is -2.22. The Labute approximate surface area is 361 Å². The maximum atomic E-state index is 12.4. The average Bonchev–Trinajstić information content (AvgIpc) is 3.22. The van der Waals surface area contributed by atoms with Crippen LogP contribution in [-0.4, -0.2) is 47.4 Å². The van der Waals surface area contributed by atoms with E-state index in [1.807, 2.05) is 0 Å². The van der Waals surface area contributed by atoms with Gasteiger partial charge < -0.3 is 20.3 Å². The Morgan fingerprint density at radius 2 is 0.810 bits per heavy atom. The van der Waals surface area contributed by atoms with Gasteiger partial charge in [0, 0.05) is 12.8 Å². The molecule has 0 heterocycles. The summed E-state index contributed by atoms with van der Waals surface area (Å²) in [6.07, 6.45) is 55.7. The largest absolute Gasteiger partial charge is 0.466 e. The standard InChI is InChI=1S/C52H99NO5/c1-3-5-7-9-11-13-15-21-24-28-32-36-40-44-50(55)49(48-54)53-51(56)45-41-37-33-29-25-22-19-17-18-20-23-27-31-35-39-43-47-58-52(57)46-42-38-34-30-26-16-14-12-10-8-6-4-2/h12,14,17,19,49-50,54-55H,3-11,13,15-16,18,20-48H2,1-2H3,(H,53,56)/b14-12-,19-17-. The zero-order valence-electron chi connectivity index (χ0n) is 38.8. The topological polar surface area (TPSA) is 95.9 Å². The summed E-state index contributed by atoms with van der Waals surface area (Å²) in [4.78, 5) is 24.4. The van der Waals surface area contributed by atoms with E-state index in [0.29, 0.717) is 25.9 Å². The van der Waals surface area contributed by atoms with Crippen LogP contribution in [0.4, 0.5) is 0 Å². The van der Waals surface area contributed by atoms with E-state index in [9.17, 15) is 19.8 Å². The molecule has 0 spiro atoms. The minimum absolute atomic E-state index is 0.0132. The van der Waals surface area contributed by atoms with Crippen LogP contribution in [0.3, 0.4) is 0 Å². The van der Waals surface area contributed by atoms with Gasteiger partial charge in [0.15, 0.2) is 0 Å². The summed E-state index contributed by atoms with van der Waals surface area (Å²) in [5, 5.41) is 23.2. The van der Waals surface area contributed by atoms with Gasteiger partial charge in [-0.1, -0.05) is 205 Å². The van der Waals surface area contributed by atoms with Gasteiger partial charge in [0.05, 0.1) is 25.4 Å². The average molecular weight is 818 g/mol. The summed E-state index contributed by atoms with van der Waals surface area (Å²) in [5.74, 6) is -0.0660. The summed E-state index contributed by atoms with van der Waals surface area (Å²) in [6.45, 7) is 4.89. The van der Waals surface area contributed by atoms with Gasteiger partial charge in [0.25, 0.3) is 0 Å². The van der Waals surface area contributed by atoms with E-state index in [1.165, 1.54) is 173 Å². The van der Waals surface area contributed by atoms with Crippen molar-refractivity contribution in [1.82, 2.24) is 5.32 Å². The van der Waals surface area contributed by atoms with Crippen molar-refractivity contribution < 1.29 is 24.5 Å². The maximum absolute atomic E-state index is 12.4. The van der Waals surface area contributed by atoms with Crippen molar-refractivity contribution in [3.05, 3.63) is 24.3 Å². The highest BCUT2D eigenvalue weighted by atomic mass is 16.5. The van der Waals surface area contributed by atoms with E-state index in [1.54, 1.807) is 0 Å². The number of esters is 1. The predicted octanol–water partition coefficient (Wildman–Crippen LogP) is 15.1. The normalized spacial score (nSPS) is 12.8. The van der Waals surface area contributed by atoms with Gasteiger partial charge in [-0.2, -0.15) is 0 Å². The van der Waals surface area contributed by atoms with E-state index >= 15 is 0 Å². The number of allylic oxidation sites excluding steroid dienone is 4. The fourth-order valence-corrected chi connectivity index (χ4v) is 7.74. The van der Waals surface area contributed by atoms with Crippen molar-refractivity contribution in [3.8, 4) is 0 Å². The van der Waals surface area contributed by atoms with Crippen LogP contribution in [0.2, 0.25) is 0 Å². The first-order valence-corrected chi connectivity index (χ1v) is 25.6. The summed E-state index contributed by atoms with van der Waals surface area (Å²) in [5.41, 5.74) is 0. The van der Waals surface area contributed by atoms with Gasteiger partial charge in [0.2, 0.25) is 5.91 Å². The van der Waals surface area contributed by atoms with Crippen LogP contribution in [0.25, 0.3) is 0 Å². The molecule has 0 saturated heterocycles. The minimum atomic E-state index is -0.673. The molecule has 0 rings (SSSR count). The van der Waals surface area contributed by atoms with Crippen LogP contribution in [0.1, 0.15) is 271 Å². The molecule has 0 radical (unpaired) electrons. The van der Waals surface area contributed by atoms with Gasteiger partial charge in [-0.15, -0.1) is 0 Å². The van der Waals surface area contributed by atoms with Crippen LogP contribution in [0.15, 0.2) is 24.3 Å². The molecule has 0 aliphatic rings. The molecule has 0 fully saturated rings. The molecule has 0 saturated carbocycles. The van der Waals surface area contributed by atoms with Crippen LogP contribution < -0.4 is 5.32 Å². The SMILES string of the molecule is CCCCC/C=C\CCCCCCCC(=O)OCCCCCCCCC/C=C\CCCCCCCC(=O)NC(CO)C(O)CCCCCCCCCCCCCCC. The third kappa shape index (κ3) is 43.9. The second kappa shape index (κ2) is 48.0. The number of aliphatic hydroxyl groups is 2. The number of hydrogen-bond acceptors (Lipinski definition) is 5. The van der Waals surface area contributed by atoms with E-state index < -0.39 is 12.1 Å². The van der Waals surface area contributed by atoms with Crippen molar-refractivity contribution in [1.29, 1.82) is 0 Å². The van der Waals surface area contributed by atoms with E-state index in [4.69, 9.17) is 4.74 Å².